The molecule has 2 atom stereocenters. The quantitative estimate of drug-likeness (QED) is 0.805. The van der Waals surface area contributed by atoms with E-state index in [1.807, 2.05) is 23.1 Å². The molecule has 1 amide bonds. The second-order valence-electron chi connectivity index (χ2n) is 5.43. The minimum Gasteiger partial charge on any atom is -0.385 e. The van der Waals surface area contributed by atoms with Crippen LogP contribution in [0.1, 0.15) is 30.7 Å². The van der Waals surface area contributed by atoms with E-state index in [0.29, 0.717) is 13.0 Å². The van der Waals surface area contributed by atoms with Gasteiger partial charge in [0.15, 0.2) is 0 Å². The molecule has 20 heavy (non-hydrogen) atoms. The van der Waals surface area contributed by atoms with Gasteiger partial charge < -0.3 is 15.4 Å². The van der Waals surface area contributed by atoms with Crippen LogP contribution in [0.5, 0.6) is 0 Å². The third kappa shape index (κ3) is 3.81. The predicted molar refractivity (Wildman–Crippen MR) is 79.5 cm³/mol. The number of hydrogen-bond donors (Lipinski definition) is 1. The molecule has 0 saturated carbocycles. The Bertz CT molecular complexity index is 422. The Kier molecular flexibility index (Phi) is 5.56. The van der Waals surface area contributed by atoms with E-state index in [-0.39, 0.29) is 17.9 Å². The molecular weight excluding hydrogens is 252 g/mol. The molecule has 2 rings (SSSR count). The van der Waals surface area contributed by atoms with Gasteiger partial charge in [-0.1, -0.05) is 30.3 Å². The number of nitrogens with two attached hydrogens (primary N) is 1. The fourth-order valence-corrected chi connectivity index (χ4v) is 2.77. The first-order valence-electron chi connectivity index (χ1n) is 7.29. The van der Waals surface area contributed by atoms with Crippen LogP contribution in [0.2, 0.25) is 0 Å². The Balaban J connectivity index is 1.85. The number of methoxy groups -OCH3 is 1. The Hall–Kier alpha value is -1.39. The smallest absolute Gasteiger partial charge is 0.222 e. The summed E-state index contributed by atoms with van der Waals surface area (Å²) in [5.74, 6) is 0.481. The number of carbonyl (C=O) groups is 1. The van der Waals surface area contributed by atoms with Crippen molar-refractivity contribution in [3.63, 3.8) is 0 Å². The van der Waals surface area contributed by atoms with Gasteiger partial charge in [0.1, 0.15) is 0 Å². The van der Waals surface area contributed by atoms with Crippen LogP contribution in [0.25, 0.3) is 0 Å². The highest BCUT2D eigenvalue weighted by molar-refractivity contribution is 5.76. The van der Waals surface area contributed by atoms with E-state index in [9.17, 15) is 4.79 Å². The Labute approximate surface area is 120 Å². The lowest BCUT2D eigenvalue weighted by atomic mass is 9.95. The molecular formula is C16H24N2O2. The first-order chi connectivity index (χ1) is 9.72. The summed E-state index contributed by atoms with van der Waals surface area (Å²) in [5, 5.41) is 0. The molecule has 0 unspecified atom stereocenters. The van der Waals surface area contributed by atoms with E-state index < -0.39 is 0 Å². The second kappa shape index (κ2) is 7.41. The summed E-state index contributed by atoms with van der Waals surface area (Å²) in [7, 11) is 1.69. The summed E-state index contributed by atoms with van der Waals surface area (Å²) in [6.45, 7) is 2.14. The monoisotopic (exact) mass is 276 g/mol. The third-order valence-electron chi connectivity index (χ3n) is 3.93. The molecule has 1 aromatic carbocycles. The van der Waals surface area contributed by atoms with E-state index in [4.69, 9.17) is 10.5 Å². The van der Waals surface area contributed by atoms with Gasteiger partial charge in [0, 0.05) is 45.2 Å². The van der Waals surface area contributed by atoms with Crippen LogP contribution in [-0.2, 0) is 9.53 Å². The van der Waals surface area contributed by atoms with E-state index in [1.165, 1.54) is 5.56 Å². The lowest BCUT2D eigenvalue weighted by Gasteiger charge is -2.16. The van der Waals surface area contributed by atoms with E-state index >= 15 is 0 Å². The molecule has 0 aliphatic carbocycles. The van der Waals surface area contributed by atoms with Crippen LogP contribution in [0.15, 0.2) is 30.3 Å². The van der Waals surface area contributed by atoms with Crippen molar-refractivity contribution < 1.29 is 9.53 Å². The molecule has 0 bridgehead atoms. The Morgan fingerprint density at radius 1 is 1.30 bits per heavy atom. The fraction of sp³-hybridized carbons (Fsp3) is 0.562. The number of rotatable bonds is 6. The molecule has 4 heteroatoms. The molecule has 110 valence electrons. The van der Waals surface area contributed by atoms with E-state index in [0.717, 1.165) is 26.0 Å². The first-order valence-corrected chi connectivity index (χ1v) is 7.29. The van der Waals surface area contributed by atoms with Gasteiger partial charge in [-0.05, 0) is 18.4 Å². The van der Waals surface area contributed by atoms with Gasteiger partial charge in [-0.25, -0.2) is 0 Å². The van der Waals surface area contributed by atoms with Crippen molar-refractivity contribution in [1.82, 2.24) is 4.90 Å². The normalized spacial score (nSPS) is 22.2. The number of hydrogen-bond acceptors (Lipinski definition) is 3. The number of unbranched alkanes of at least 4 members (excludes halogenated alkanes) is 1. The molecule has 1 saturated heterocycles. The number of nitrogens with zero attached hydrogens (tertiary/aromatic N) is 1. The summed E-state index contributed by atoms with van der Waals surface area (Å²) in [4.78, 5) is 14.1. The largest absolute Gasteiger partial charge is 0.385 e. The highest BCUT2D eigenvalue weighted by Gasteiger charge is 2.33. The summed E-state index contributed by atoms with van der Waals surface area (Å²) in [6.07, 6.45) is 2.41. The molecule has 1 aliphatic heterocycles. The highest BCUT2D eigenvalue weighted by Crippen LogP contribution is 2.26. The molecule has 0 aromatic heterocycles. The topological polar surface area (TPSA) is 55.6 Å². The number of benzene rings is 1. The molecule has 4 nitrogen and oxygen atoms in total. The summed E-state index contributed by atoms with van der Waals surface area (Å²) in [5.41, 5.74) is 7.43. The van der Waals surface area contributed by atoms with Gasteiger partial charge in [0.05, 0.1) is 0 Å². The van der Waals surface area contributed by atoms with Gasteiger partial charge in [-0.2, -0.15) is 0 Å². The number of carbonyl (C=O) groups excluding carboxylic acids is 1. The lowest BCUT2D eigenvalue weighted by molar-refractivity contribution is -0.130. The van der Waals surface area contributed by atoms with Gasteiger partial charge >= 0.3 is 0 Å². The zero-order chi connectivity index (χ0) is 14.4. The van der Waals surface area contributed by atoms with E-state index in [1.54, 1.807) is 7.11 Å². The maximum atomic E-state index is 12.2. The van der Waals surface area contributed by atoms with Gasteiger partial charge in [0.25, 0.3) is 0 Å². The van der Waals surface area contributed by atoms with Crippen molar-refractivity contribution in [1.29, 1.82) is 0 Å². The molecule has 1 heterocycles. The van der Waals surface area contributed by atoms with Crippen molar-refractivity contribution >= 4 is 5.91 Å². The van der Waals surface area contributed by atoms with Gasteiger partial charge in [-0.3, -0.25) is 4.79 Å². The van der Waals surface area contributed by atoms with Gasteiger partial charge in [-0.15, -0.1) is 0 Å². The van der Waals surface area contributed by atoms with Crippen LogP contribution in [-0.4, -0.2) is 43.7 Å². The van der Waals surface area contributed by atoms with Crippen molar-refractivity contribution in [2.45, 2.75) is 31.2 Å². The van der Waals surface area contributed by atoms with Crippen molar-refractivity contribution in [3.8, 4) is 0 Å². The Morgan fingerprint density at radius 3 is 2.75 bits per heavy atom. The van der Waals surface area contributed by atoms with Crippen LogP contribution in [0.3, 0.4) is 0 Å². The fourth-order valence-electron chi connectivity index (χ4n) is 2.77. The van der Waals surface area contributed by atoms with Crippen LogP contribution < -0.4 is 5.73 Å². The number of likely N-dealkylation sites (tertiary alicyclic amines) is 1. The van der Waals surface area contributed by atoms with Crippen LogP contribution in [0.4, 0.5) is 0 Å². The van der Waals surface area contributed by atoms with Gasteiger partial charge in [0.2, 0.25) is 5.91 Å². The molecule has 1 aliphatic rings. The zero-order valence-corrected chi connectivity index (χ0v) is 12.1. The average molecular weight is 276 g/mol. The first kappa shape index (κ1) is 15.0. The molecule has 1 fully saturated rings. The molecule has 1 aromatic rings. The average Bonchev–Trinajstić information content (AvgIpc) is 2.86. The minimum atomic E-state index is 0.0420. The highest BCUT2D eigenvalue weighted by atomic mass is 16.5. The summed E-state index contributed by atoms with van der Waals surface area (Å²) >= 11 is 0. The third-order valence-corrected chi connectivity index (χ3v) is 3.93. The predicted octanol–water partition coefficient (Wildman–Crippen LogP) is 1.76. The Morgan fingerprint density at radius 2 is 2.05 bits per heavy atom. The van der Waals surface area contributed by atoms with Crippen LogP contribution >= 0.6 is 0 Å². The SMILES string of the molecule is COCCCCC(=O)N1C[C@@H](N)[C@H](c2ccccc2)C1. The zero-order valence-electron chi connectivity index (χ0n) is 12.1. The molecule has 0 spiro atoms. The summed E-state index contributed by atoms with van der Waals surface area (Å²) in [6, 6.07) is 10.3. The van der Waals surface area contributed by atoms with Crippen molar-refractivity contribution in [2.24, 2.45) is 5.73 Å². The number of amides is 1. The maximum Gasteiger partial charge on any atom is 0.222 e. The van der Waals surface area contributed by atoms with E-state index in [2.05, 4.69) is 12.1 Å². The lowest BCUT2D eigenvalue weighted by Crippen LogP contribution is -2.32. The number of ether oxygens (including phenoxy) is 1. The van der Waals surface area contributed by atoms with Crippen molar-refractivity contribution in [2.75, 3.05) is 26.8 Å². The maximum absolute atomic E-state index is 12.2. The molecule has 0 radical (unpaired) electrons. The summed E-state index contributed by atoms with van der Waals surface area (Å²) < 4.78 is 5.00. The molecule has 2 N–H and O–H groups in total. The standard InChI is InChI=1S/C16H24N2O2/c1-20-10-6-5-9-16(19)18-11-14(15(17)12-18)13-7-3-2-4-8-13/h2-4,7-8,14-15H,5-6,9-12,17H2,1H3/t14-,15+/m0/s1. The van der Waals surface area contributed by atoms with Crippen molar-refractivity contribution in [3.05, 3.63) is 35.9 Å². The van der Waals surface area contributed by atoms with Crippen LogP contribution in [0, 0.1) is 0 Å². The second-order valence-corrected chi connectivity index (χ2v) is 5.43. The minimum absolute atomic E-state index is 0.0420.